The number of hydrogen-bond acceptors (Lipinski definition) is 4. The first-order valence-electron chi connectivity index (χ1n) is 27.3. The maximum atomic E-state index is 12.5. The maximum absolute atomic E-state index is 12.5. The lowest BCUT2D eigenvalue weighted by molar-refractivity contribution is -0.124. The molecule has 0 bridgehead atoms. The van der Waals surface area contributed by atoms with Crippen molar-refractivity contribution in [3.8, 4) is 0 Å². The van der Waals surface area contributed by atoms with Gasteiger partial charge in [0.25, 0.3) is 0 Å². The fourth-order valence-corrected chi connectivity index (χ4v) is 8.49. The molecule has 0 aliphatic heterocycles. The van der Waals surface area contributed by atoms with Gasteiger partial charge in [-0.3, -0.25) is 4.79 Å². The predicted octanol–water partition coefficient (Wildman–Crippen LogP) is 16.7. The number of aliphatic hydroxyl groups excluding tert-OH is 3. The summed E-state index contributed by atoms with van der Waals surface area (Å²) >= 11 is 0. The molecule has 0 saturated heterocycles. The molecule has 4 N–H and O–H groups in total. The van der Waals surface area contributed by atoms with Crippen molar-refractivity contribution in [1.29, 1.82) is 0 Å². The van der Waals surface area contributed by atoms with Crippen molar-refractivity contribution in [2.45, 2.75) is 308 Å². The second-order valence-corrected chi connectivity index (χ2v) is 18.8. The van der Waals surface area contributed by atoms with Crippen LogP contribution in [-0.2, 0) is 4.79 Å². The highest BCUT2D eigenvalue weighted by Crippen LogP contribution is 2.17. The molecule has 1 amide bonds. The summed E-state index contributed by atoms with van der Waals surface area (Å²) in [6.07, 6.45) is 65.7. The molecular weight excluding hydrogens is 751 g/mol. The summed E-state index contributed by atoms with van der Waals surface area (Å²) in [7, 11) is 0. The Labute approximate surface area is 381 Å². The van der Waals surface area contributed by atoms with Crippen molar-refractivity contribution in [2.24, 2.45) is 0 Å². The smallest absolute Gasteiger partial charge is 0.220 e. The van der Waals surface area contributed by atoms with Crippen LogP contribution < -0.4 is 5.32 Å². The Balaban J connectivity index is 3.59. The van der Waals surface area contributed by atoms with Crippen LogP contribution in [-0.4, -0.2) is 46.1 Å². The SMILES string of the molecule is CCCCCCCCCCC/C=C\C/C=C\CCCCCCCCCCCCCC(=O)NC(CO)C(O)C(O)CCC/C=C/CCCCCCCCCCCCCCCCC. The second kappa shape index (κ2) is 51.2. The first-order valence-corrected chi connectivity index (χ1v) is 27.3. The number of hydrogen-bond donors (Lipinski definition) is 4. The van der Waals surface area contributed by atoms with Gasteiger partial charge in [0.05, 0.1) is 18.8 Å². The van der Waals surface area contributed by atoms with Gasteiger partial charge in [-0.2, -0.15) is 0 Å². The molecule has 0 heterocycles. The zero-order valence-corrected chi connectivity index (χ0v) is 41.1. The van der Waals surface area contributed by atoms with Crippen molar-refractivity contribution in [3.05, 3.63) is 36.5 Å². The van der Waals surface area contributed by atoms with Crippen LogP contribution in [0.15, 0.2) is 36.5 Å². The molecule has 0 aromatic rings. The lowest BCUT2D eigenvalue weighted by Gasteiger charge is -2.26. The van der Waals surface area contributed by atoms with Gasteiger partial charge in [0.15, 0.2) is 0 Å². The molecule has 5 heteroatoms. The number of amides is 1. The Hall–Kier alpha value is -1.43. The maximum Gasteiger partial charge on any atom is 0.220 e. The number of rotatable bonds is 50. The van der Waals surface area contributed by atoms with Crippen molar-refractivity contribution < 1.29 is 20.1 Å². The average Bonchev–Trinajstić information content (AvgIpc) is 3.26. The number of aliphatic hydroxyl groups is 3. The molecule has 0 fully saturated rings. The first-order chi connectivity index (χ1) is 30.1. The van der Waals surface area contributed by atoms with Gasteiger partial charge in [0, 0.05) is 6.42 Å². The zero-order valence-electron chi connectivity index (χ0n) is 41.1. The molecule has 0 saturated carbocycles. The third kappa shape index (κ3) is 46.4. The van der Waals surface area contributed by atoms with E-state index in [2.05, 4.69) is 55.6 Å². The zero-order chi connectivity index (χ0) is 44.4. The molecule has 0 aliphatic rings. The Morgan fingerprint density at radius 2 is 0.705 bits per heavy atom. The molecule has 0 rings (SSSR count). The number of nitrogens with one attached hydrogen (secondary N) is 1. The van der Waals surface area contributed by atoms with Crippen LogP contribution in [0.4, 0.5) is 0 Å². The summed E-state index contributed by atoms with van der Waals surface area (Å²) in [5.41, 5.74) is 0. The van der Waals surface area contributed by atoms with Gasteiger partial charge in [0.1, 0.15) is 6.10 Å². The fourth-order valence-electron chi connectivity index (χ4n) is 8.49. The lowest BCUT2D eigenvalue weighted by atomic mass is 10.0. The van der Waals surface area contributed by atoms with Gasteiger partial charge >= 0.3 is 0 Å². The Morgan fingerprint density at radius 3 is 1.05 bits per heavy atom. The van der Waals surface area contributed by atoms with Crippen LogP contribution in [0, 0.1) is 0 Å². The molecular formula is C56H107NO4. The minimum Gasteiger partial charge on any atom is -0.394 e. The molecule has 3 unspecified atom stereocenters. The van der Waals surface area contributed by atoms with E-state index in [0.29, 0.717) is 12.8 Å². The van der Waals surface area contributed by atoms with E-state index in [0.717, 1.165) is 44.9 Å². The number of carbonyl (C=O) groups is 1. The molecule has 0 aromatic heterocycles. The standard InChI is InChI=1S/C56H107NO4/c1-3-5-7-9-11-13-15-17-19-21-23-25-26-27-28-29-30-31-33-35-37-39-41-43-45-47-49-51-55(60)57-53(52-58)56(61)54(59)50-48-46-44-42-40-38-36-34-32-24-22-20-18-16-14-12-10-8-6-4-2/h23,25,27-28,42,44,53-54,56,58-59,61H,3-22,24,26,29-41,43,45-52H2,1-2H3,(H,57,60)/b25-23-,28-27-,44-42+. The summed E-state index contributed by atoms with van der Waals surface area (Å²) in [5.74, 6) is -0.154. The summed E-state index contributed by atoms with van der Waals surface area (Å²) < 4.78 is 0. The average molecular weight is 858 g/mol. The molecule has 61 heavy (non-hydrogen) atoms. The Kier molecular flexibility index (Phi) is 50.0. The molecule has 0 spiro atoms. The quantitative estimate of drug-likeness (QED) is 0.0362. The topological polar surface area (TPSA) is 89.8 Å². The summed E-state index contributed by atoms with van der Waals surface area (Å²) in [5, 5.41) is 33.7. The van der Waals surface area contributed by atoms with Crippen LogP contribution in [0.25, 0.3) is 0 Å². The summed E-state index contributed by atoms with van der Waals surface area (Å²) in [4.78, 5) is 12.5. The minimum absolute atomic E-state index is 0.154. The van der Waals surface area contributed by atoms with Crippen molar-refractivity contribution in [2.75, 3.05) is 6.61 Å². The Bertz CT molecular complexity index is 947. The van der Waals surface area contributed by atoms with E-state index < -0.39 is 18.2 Å². The van der Waals surface area contributed by atoms with Gasteiger partial charge in [0.2, 0.25) is 5.91 Å². The monoisotopic (exact) mass is 858 g/mol. The second-order valence-electron chi connectivity index (χ2n) is 18.8. The van der Waals surface area contributed by atoms with Gasteiger partial charge in [-0.05, 0) is 70.6 Å². The number of allylic oxidation sites excluding steroid dienone is 6. The van der Waals surface area contributed by atoms with Gasteiger partial charge in [-0.1, -0.05) is 249 Å². The van der Waals surface area contributed by atoms with E-state index in [9.17, 15) is 20.1 Å². The number of unbranched alkanes of at least 4 members (excludes halogenated alkanes) is 36. The summed E-state index contributed by atoms with van der Waals surface area (Å²) in [6, 6.07) is -0.828. The largest absolute Gasteiger partial charge is 0.394 e. The lowest BCUT2D eigenvalue weighted by Crippen LogP contribution is -2.50. The Morgan fingerprint density at radius 1 is 0.410 bits per heavy atom. The van der Waals surface area contributed by atoms with Crippen LogP contribution in [0.2, 0.25) is 0 Å². The molecule has 0 aliphatic carbocycles. The number of carbonyl (C=O) groups excluding carboxylic acids is 1. The highest BCUT2D eigenvalue weighted by Gasteiger charge is 2.26. The minimum atomic E-state index is -1.16. The normalized spacial score (nSPS) is 13.6. The van der Waals surface area contributed by atoms with Crippen LogP contribution in [0.1, 0.15) is 290 Å². The van der Waals surface area contributed by atoms with Crippen molar-refractivity contribution in [1.82, 2.24) is 5.32 Å². The summed E-state index contributed by atoms with van der Waals surface area (Å²) in [6.45, 7) is 4.19. The van der Waals surface area contributed by atoms with Gasteiger partial charge in [-0.15, -0.1) is 0 Å². The van der Waals surface area contributed by atoms with Crippen LogP contribution in [0.3, 0.4) is 0 Å². The predicted molar refractivity (Wildman–Crippen MR) is 268 cm³/mol. The van der Waals surface area contributed by atoms with Crippen molar-refractivity contribution in [3.63, 3.8) is 0 Å². The molecule has 0 radical (unpaired) electrons. The van der Waals surface area contributed by atoms with E-state index in [1.54, 1.807) is 0 Å². The molecule has 0 aromatic carbocycles. The van der Waals surface area contributed by atoms with E-state index in [-0.39, 0.29) is 12.5 Å². The van der Waals surface area contributed by atoms with Crippen molar-refractivity contribution >= 4 is 5.91 Å². The van der Waals surface area contributed by atoms with E-state index >= 15 is 0 Å². The molecule has 3 atom stereocenters. The third-order valence-electron chi connectivity index (χ3n) is 12.7. The van der Waals surface area contributed by atoms with E-state index in [1.807, 2.05) is 0 Å². The first kappa shape index (κ1) is 59.6. The highest BCUT2D eigenvalue weighted by molar-refractivity contribution is 5.76. The van der Waals surface area contributed by atoms with E-state index in [1.165, 1.54) is 218 Å². The van der Waals surface area contributed by atoms with Gasteiger partial charge < -0.3 is 20.6 Å². The third-order valence-corrected chi connectivity index (χ3v) is 12.7. The van der Waals surface area contributed by atoms with Gasteiger partial charge in [-0.25, -0.2) is 0 Å². The van der Waals surface area contributed by atoms with Crippen LogP contribution in [0.5, 0.6) is 0 Å². The van der Waals surface area contributed by atoms with E-state index in [4.69, 9.17) is 0 Å². The molecule has 5 nitrogen and oxygen atoms in total. The van der Waals surface area contributed by atoms with Crippen LogP contribution >= 0.6 is 0 Å². The highest BCUT2D eigenvalue weighted by atomic mass is 16.3. The molecule has 360 valence electrons. The fraction of sp³-hybridized carbons (Fsp3) is 0.875.